The maximum absolute atomic E-state index is 10.6. The second-order valence-corrected chi connectivity index (χ2v) is 6.73. The van der Waals surface area contributed by atoms with E-state index in [0.29, 0.717) is 12.0 Å². The van der Waals surface area contributed by atoms with Crippen LogP contribution in [0.2, 0.25) is 0 Å². The maximum atomic E-state index is 10.6. The van der Waals surface area contributed by atoms with Crippen LogP contribution < -0.4 is 0 Å². The minimum absolute atomic E-state index is 0.0410. The lowest BCUT2D eigenvalue weighted by Gasteiger charge is -2.41. The molecular weight excluding hydrogens is 284 g/mol. The lowest BCUT2D eigenvalue weighted by atomic mass is 9.78. The van der Waals surface area contributed by atoms with Crippen molar-refractivity contribution in [2.45, 2.75) is 52.2 Å². The summed E-state index contributed by atoms with van der Waals surface area (Å²) < 4.78 is 1.44. The van der Waals surface area contributed by atoms with E-state index in [1.54, 1.807) is 0 Å². The van der Waals surface area contributed by atoms with Gasteiger partial charge >= 0.3 is 5.69 Å². The van der Waals surface area contributed by atoms with E-state index in [2.05, 4.69) is 23.8 Å². The topological polar surface area (TPSA) is 84.4 Å². The molecule has 1 aliphatic heterocycles. The zero-order valence-electron chi connectivity index (χ0n) is 13.4. The molecule has 0 spiro atoms. The highest BCUT2D eigenvalue weighted by Crippen LogP contribution is 2.33. The number of likely N-dealkylation sites (tertiary alicyclic amines) is 1. The van der Waals surface area contributed by atoms with Crippen LogP contribution in [0.5, 0.6) is 0 Å². The summed E-state index contributed by atoms with van der Waals surface area (Å²) >= 11 is 0. The number of aliphatic hydroxyl groups is 1. The van der Waals surface area contributed by atoms with Gasteiger partial charge in [-0.1, -0.05) is 20.3 Å². The molecule has 7 nitrogen and oxygen atoms in total. The Hall–Kier alpha value is -1.47. The van der Waals surface area contributed by atoms with Crippen LogP contribution in [0.4, 0.5) is 5.69 Å². The van der Waals surface area contributed by atoms with E-state index in [9.17, 15) is 15.2 Å². The standard InChI is InChI=1S/C15H26N4O3/c1-3-5-15(2)6-4-7-17(12-15)10-14(20)11-18-9-13(8-16-18)19(21)22/h8-9,14,20H,3-7,10-12H2,1-2H3. The van der Waals surface area contributed by atoms with Crippen molar-refractivity contribution in [1.82, 2.24) is 14.7 Å². The quantitative estimate of drug-likeness (QED) is 0.615. The molecule has 1 fully saturated rings. The number of nitro groups is 1. The zero-order chi connectivity index (χ0) is 16.2. The van der Waals surface area contributed by atoms with Gasteiger partial charge in [0.25, 0.3) is 0 Å². The van der Waals surface area contributed by atoms with Crippen molar-refractivity contribution in [2.75, 3.05) is 19.6 Å². The van der Waals surface area contributed by atoms with E-state index in [1.807, 2.05) is 0 Å². The first kappa shape index (κ1) is 16.9. The average molecular weight is 310 g/mol. The number of aliphatic hydroxyl groups excluding tert-OH is 1. The smallest absolute Gasteiger partial charge is 0.306 e. The van der Waals surface area contributed by atoms with Gasteiger partial charge in [-0.25, -0.2) is 0 Å². The van der Waals surface area contributed by atoms with Gasteiger partial charge in [0, 0.05) is 13.1 Å². The molecule has 0 aromatic carbocycles. The Balaban J connectivity index is 1.85. The Morgan fingerprint density at radius 2 is 2.32 bits per heavy atom. The maximum Gasteiger partial charge on any atom is 0.306 e. The van der Waals surface area contributed by atoms with Crippen LogP contribution in [0.3, 0.4) is 0 Å². The fraction of sp³-hybridized carbons (Fsp3) is 0.800. The highest BCUT2D eigenvalue weighted by Gasteiger charge is 2.30. The summed E-state index contributed by atoms with van der Waals surface area (Å²) in [5.41, 5.74) is 0.303. The first-order valence-corrected chi connectivity index (χ1v) is 7.99. The first-order chi connectivity index (χ1) is 10.4. The summed E-state index contributed by atoms with van der Waals surface area (Å²) in [5, 5.41) is 24.8. The lowest BCUT2D eigenvalue weighted by Crippen LogP contribution is -2.45. The number of β-amino-alcohol motifs (C(OH)–C–C–N with tert-alkyl or cyclic N) is 1. The molecule has 1 N–H and O–H groups in total. The van der Waals surface area contributed by atoms with Gasteiger partial charge < -0.3 is 10.0 Å². The summed E-state index contributed by atoms with van der Waals surface area (Å²) in [7, 11) is 0. The number of piperidine rings is 1. The fourth-order valence-electron chi connectivity index (χ4n) is 3.51. The number of hydrogen-bond donors (Lipinski definition) is 1. The molecule has 0 bridgehead atoms. The molecule has 0 aliphatic carbocycles. The Morgan fingerprint density at radius 3 is 2.95 bits per heavy atom. The normalized spacial score (nSPS) is 24.3. The van der Waals surface area contributed by atoms with Crippen LogP contribution in [-0.4, -0.2) is 50.4 Å². The minimum atomic E-state index is -0.566. The molecule has 1 aromatic rings. The monoisotopic (exact) mass is 310 g/mol. The molecule has 2 rings (SSSR count). The van der Waals surface area contributed by atoms with E-state index in [0.717, 1.165) is 19.5 Å². The molecule has 7 heteroatoms. The molecule has 0 radical (unpaired) electrons. The van der Waals surface area contributed by atoms with Crippen molar-refractivity contribution >= 4 is 5.69 Å². The molecule has 1 aromatic heterocycles. The van der Waals surface area contributed by atoms with Crippen LogP contribution in [0.15, 0.2) is 12.4 Å². The number of nitrogens with zero attached hydrogens (tertiary/aromatic N) is 4. The van der Waals surface area contributed by atoms with Gasteiger partial charge in [0.2, 0.25) is 0 Å². The van der Waals surface area contributed by atoms with E-state index >= 15 is 0 Å². The SMILES string of the molecule is CCCC1(C)CCCN(CC(O)Cn2cc([N+](=O)[O-])cn2)C1. The molecule has 0 saturated carbocycles. The third-order valence-corrected chi connectivity index (χ3v) is 4.41. The summed E-state index contributed by atoms with van der Waals surface area (Å²) in [6.07, 6.45) is 6.82. The van der Waals surface area contributed by atoms with Crippen molar-refractivity contribution in [3.05, 3.63) is 22.5 Å². The van der Waals surface area contributed by atoms with Crippen molar-refractivity contribution in [2.24, 2.45) is 5.41 Å². The van der Waals surface area contributed by atoms with Gasteiger partial charge in [-0.2, -0.15) is 5.10 Å². The predicted molar refractivity (Wildman–Crippen MR) is 83.6 cm³/mol. The third-order valence-electron chi connectivity index (χ3n) is 4.41. The zero-order valence-corrected chi connectivity index (χ0v) is 13.4. The van der Waals surface area contributed by atoms with Gasteiger partial charge in [-0.3, -0.25) is 14.8 Å². The third kappa shape index (κ3) is 4.51. The molecule has 22 heavy (non-hydrogen) atoms. The van der Waals surface area contributed by atoms with Gasteiger partial charge in [-0.15, -0.1) is 0 Å². The van der Waals surface area contributed by atoms with Gasteiger partial charge in [0.05, 0.1) is 17.6 Å². The van der Waals surface area contributed by atoms with Crippen LogP contribution in [-0.2, 0) is 6.54 Å². The lowest BCUT2D eigenvalue weighted by molar-refractivity contribution is -0.385. The minimum Gasteiger partial charge on any atom is -0.390 e. The van der Waals surface area contributed by atoms with E-state index in [-0.39, 0.29) is 12.2 Å². The van der Waals surface area contributed by atoms with Crippen LogP contribution in [0, 0.1) is 15.5 Å². The molecule has 124 valence electrons. The van der Waals surface area contributed by atoms with Gasteiger partial charge in [-0.05, 0) is 31.2 Å². The van der Waals surface area contributed by atoms with Crippen LogP contribution in [0.25, 0.3) is 0 Å². The summed E-state index contributed by atoms with van der Waals surface area (Å²) in [4.78, 5) is 12.5. The van der Waals surface area contributed by atoms with E-state index in [1.165, 1.54) is 36.3 Å². The molecule has 0 amide bonds. The molecule has 1 saturated heterocycles. The molecule has 2 unspecified atom stereocenters. The highest BCUT2D eigenvalue weighted by atomic mass is 16.6. The Morgan fingerprint density at radius 1 is 1.55 bits per heavy atom. The molecule has 2 heterocycles. The number of hydrogen-bond acceptors (Lipinski definition) is 5. The van der Waals surface area contributed by atoms with Crippen LogP contribution in [0.1, 0.15) is 39.5 Å². The summed E-state index contributed by atoms with van der Waals surface area (Å²) in [5.74, 6) is 0. The summed E-state index contributed by atoms with van der Waals surface area (Å²) in [6.45, 7) is 7.43. The van der Waals surface area contributed by atoms with Crippen molar-refractivity contribution in [3.63, 3.8) is 0 Å². The van der Waals surface area contributed by atoms with Gasteiger partial charge in [0.1, 0.15) is 12.4 Å². The van der Waals surface area contributed by atoms with Crippen molar-refractivity contribution in [3.8, 4) is 0 Å². The largest absolute Gasteiger partial charge is 0.390 e. The number of rotatable bonds is 7. The molecular formula is C15H26N4O3. The van der Waals surface area contributed by atoms with Crippen LogP contribution >= 0.6 is 0 Å². The average Bonchev–Trinajstić information content (AvgIpc) is 2.87. The second kappa shape index (κ2) is 7.19. The number of aromatic nitrogens is 2. The van der Waals surface area contributed by atoms with Crippen molar-refractivity contribution < 1.29 is 10.0 Å². The Labute approximate surface area is 131 Å². The summed E-state index contributed by atoms with van der Waals surface area (Å²) in [6, 6.07) is 0. The predicted octanol–water partition coefficient (Wildman–Crippen LogP) is 2.05. The Bertz CT molecular complexity index is 501. The van der Waals surface area contributed by atoms with Crippen molar-refractivity contribution in [1.29, 1.82) is 0 Å². The Kier molecular flexibility index (Phi) is 5.52. The van der Waals surface area contributed by atoms with Gasteiger partial charge in [0.15, 0.2) is 0 Å². The second-order valence-electron chi connectivity index (χ2n) is 6.73. The first-order valence-electron chi connectivity index (χ1n) is 7.99. The fourth-order valence-corrected chi connectivity index (χ4v) is 3.51. The molecule has 1 aliphatic rings. The van der Waals surface area contributed by atoms with E-state index in [4.69, 9.17) is 0 Å². The van der Waals surface area contributed by atoms with E-state index < -0.39 is 11.0 Å². The highest BCUT2D eigenvalue weighted by molar-refractivity contribution is 5.20. The molecule has 2 atom stereocenters.